The second kappa shape index (κ2) is 15.2. The minimum absolute atomic E-state index is 0.0674. The van der Waals surface area contributed by atoms with Crippen molar-refractivity contribution in [1.29, 1.82) is 0 Å². The van der Waals surface area contributed by atoms with Crippen molar-refractivity contribution in [2.24, 2.45) is 0 Å². The van der Waals surface area contributed by atoms with Crippen LogP contribution in [-0.4, -0.2) is 46.2 Å². The molecule has 3 amide bonds. The van der Waals surface area contributed by atoms with Gasteiger partial charge in [-0.1, -0.05) is 48.5 Å². The van der Waals surface area contributed by atoms with Crippen LogP contribution in [0.4, 0.5) is 10.5 Å². The molecule has 4 rings (SSSR count). The van der Waals surface area contributed by atoms with Crippen molar-refractivity contribution < 1.29 is 19.1 Å². The summed E-state index contributed by atoms with van der Waals surface area (Å²) >= 11 is 1.44. The lowest BCUT2D eigenvalue weighted by atomic mass is 10.1. The minimum atomic E-state index is -0.833. The van der Waals surface area contributed by atoms with Crippen LogP contribution in [0, 0.1) is 0 Å². The lowest BCUT2D eigenvalue weighted by Gasteiger charge is -2.19. The van der Waals surface area contributed by atoms with E-state index < -0.39 is 12.1 Å². The van der Waals surface area contributed by atoms with E-state index in [0.717, 1.165) is 15.8 Å². The minimum Gasteiger partial charge on any atom is -0.445 e. The summed E-state index contributed by atoms with van der Waals surface area (Å²) in [6.07, 6.45) is 5.98. The number of fused-ring (bicyclic) bond motifs is 1. The molecule has 0 saturated heterocycles. The van der Waals surface area contributed by atoms with Gasteiger partial charge in [-0.05, 0) is 49.1 Å². The van der Waals surface area contributed by atoms with Crippen LogP contribution in [0.3, 0.4) is 0 Å². The second-order valence-electron chi connectivity index (χ2n) is 8.95. The van der Waals surface area contributed by atoms with Crippen molar-refractivity contribution in [1.82, 2.24) is 20.6 Å². The van der Waals surface area contributed by atoms with Gasteiger partial charge < -0.3 is 20.7 Å². The number of unbranched alkanes of at least 4 members (excludes halogenated alkanes) is 1. The molecule has 0 unspecified atom stereocenters. The summed E-state index contributed by atoms with van der Waals surface area (Å²) in [5.41, 5.74) is 2.07. The van der Waals surface area contributed by atoms with Gasteiger partial charge in [0.1, 0.15) is 12.6 Å². The zero-order valence-corrected chi connectivity index (χ0v) is 22.7. The number of hydrogen-bond acceptors (Lipinski definition) is 7. The van der Waals surface area contributed by atoms with Gasteiger partial charge >= 0.3 is 6.09 Å². The Bertz CT molecular complexity index is 1400. The number of nitrogens with one attached hydrogen (secondary N) is 3. The highest BCUT2D eigenvalue weighted by molar-refractivity contribution is 8.00. The quantitative estimate of drug-likeness (QED) is 0.157. The van der Waals surface area contributed by atoms with E-state index in [9.17, 15) is 14.4 Å². The Morgan fingerprint density at radius 2 is 1.68 bits per heavy atom. The van der Waals surface area contributed by atoms with Crippen molar-refractivity contribution in [3.63, 3.8) is 0 Å². The van der Waals surface area contributed by atoms with Crippen LogP contribution in [0.5, 0.6) is 0 Å². The maximum Gasteiger partial charge on any atom is 0.408 e. The summed E-state index contributed by atoms with van der Waals surface area (Å²) in [7, 11) is 0. The van der Waals surface area contributed by atoms with Gasteiger partial charge in [0.15, 0.2) is 0 Å². The first kappa shape index (κ1) is 28.6. The van der Waals surface area contributed by atoms with Crippen LogP contribution < -0.4 is 16.0 Å². The number of ether oxygens (including phenoxy) is 1. The van der Waals surface area contributed by atoms with Gasteiger partial charge in [-0.3, -0.25) is 19.6 Å². The Morgan fingerprint density at radius 3 is 2.50 bits per heavy atom. The zero-order valence-electron chi connectivity index (χ0n) is 21.9. The zero-order chi connectivity index (χ0) is 28.0. The van der Waals surface area contributed by atoms with Gasteiger partial charge in [-0.25, -0.2) is 4.79 Å². The Kier molecular flexibility index (Phi) is 10.9. The summed E-state index contributed by atoms with van der Waals surface area (Å²) in [6, 6.07) is 21.5. The number of rotatable bonds is 13. The molecule has 3 N–H and O–H groups in total. The van der Waals surface area contributed by atoms with Gasteiger partial charge in [0.2, 0.25) is 11.8 Å². The fraction of sp³-hybridized carbons (Fsp3) is 0.233. The fourth-order valence-corrected chi connectivity index (χ4v) is 4.65. The third kappa shape index (κ3) is 9.09. The molecule has 4 aromatic rings. The number of carbonyl (C=O) groups excluding carboxylic acids is 3. The Hall–Kier alpha value is -4.44. The number of amides is 3. The third-order valence-electron chi connectivity index (χ3n) is 5.97. The number of pyridine rings is 2. The molecule has 0 aliphatic rings. The normalized spacial score (nSPS) is 11.4. The molecule has 0 bridgehead atoms. The number of aromatic nitrogens is 2. The van der Waals surface area contributed by atoms with Crippen LogP contribution in [0.2, 0.25) is 0 Å². The summed E-state index contributed by atoms with van der Waals surface area (Å²) in [5.74, 6) is -0.127. The first-order valence-corrected chi connectivity index (χ1v) is 14.0. The van der Waals surface area contributed by atoms with Gasteiger partial charge in [-0.2, -0.15) is 0 Å². The second-order valence-corrected chi connectivity index (χ2v) is 9.99. The topological polar surface area (TPSA) is 122 Å². The summed E-state index contributed by atoms with van der Waals surface area (Å²) in [6.45, 7) is 0.563. The standard InChI is InChI=1S/C30H31N5O4S/c36-27(21-40-24-14-18-31-19-15-24)32-16-5-4-12-26(35-30(38)39-20-22-8-2-1-3-9-22)29(37)34-25-13-6-10-23-11-7-17-33-28(23)25/h1-3,6-11,13-15,17-19,26H,4-5,12,16,20-21H2,(H,32,36)(H,34,37)(H,35,38)/t26-/m1/s1. The molecule has 40 heavy (non-hydrogen) atoms. The van der Waals surface area contributed by atoms with E-state index in [1.165, 1.54) is 11.8 Å². The maximum absolute atomic E-state index is 13.3. The summed E-state index contributed by atoms with van der Waals surface area (Å²) < 4.78 is 5.35. The highest BCUT2D eigenvalue weighted by atomic mass is 32.2. The van der Waals surface area contributed by atoms with Crippen LogP contribution in [-0.2, 0) is 20.9 Å². The largest absolute Gasteiger partial charge is 0.445 e. The predicted octanol–water partition coefficient (Wildman–Crippen LogP) is 4.94. The van der Waals surface area contributed by atoms with Crippen molar-refractivity contribution in [2.45, 2.75) is 36.8 Å². The van der Waals surface area contributed by atoms with E-state index in [2.05, 4.69) is 25.9 Å². The number of benzene rings is 2. The van der Waals surface area contributed by atoms with E-state index in [-0.39, 0.29) is 18.4 Å². The average molecular weight is 558 g/mol. The van der Waals surface area contributed by atoms with Crippen molar-refractivity contribution in [3.8, 4) is 0 Å². The number of anilines is 1. The molecule has 2 aromatic carbocycles. The molecule has 206 valence electrons. The molecular weight excluding hydrogens is 526 g/mol. The lowest BCUT2D eigenvalue weighted by molar-refractivity contribution is -0.119. The Balaban J connectivity index is 1.29. The smallest absolute Gasteiger partial charge is 0.408 e. The first-order valence-electron chi connectivity index (χ1n) is 13.0. The van der Waals surface area contributed by atoms with E-state index >= 15 is 0 Å². The van der Waals surface area contributed by atoms with Gasteiger partial charge in [0.25, 0.3) is 0 Å². The number of hydrogen-bond donors (Lipinski definition) is 3. The number of thioether (sulfide) groups is 1. The third-order valence-corrected chi connectivity index (χ3v) is 6.99. The fourth-order valence-electron chi connectivity index (χ4n) is 3.94. The molecule has 0 fully saturated rings. The van der Waals surface area contributed by atoms with Crippen LogP contribution in [0.15, 0.2) is 96.3 Å². The van der Waals surface area contributed by atoms with E-state index in [1.54, 1.807) is 24.7 Å². The highest BCUT2D eigenvalue weighted by Crippen LogP contribution is 2.21. The number of nitrogens with zero attached hydrogens (tertiary/aromatic N) is 2. The predicted molar refractivity (Wildman–Crippen MR) is 156 cm³/mol. The van der Waals surface area contributed by atoms with Crippen LogP contribution >= 0.6 is 11.8 Å². The first-order chi connectivity index (χ1) is 19.6. The average Bonchev–Trinajstić information content (AvgIpc) is 2.99. The van der Waals surface area contributed by atoms with Crippen LogP contribution in [0.1, 0.15) is 24.8 Å². The molecule has 0 radical (unpaired) electrons. The molecule has 2 aromatic heterocycles. The Labute approximate surface area is 237 Å². The lowest BCUT2D eigenvalue weighted by Crippen LogP contribution is -2.44. The summed E-state index contributed by atoms with van der Waals surface area (Å²) in [4.78, 5) is 47.3. The van der Waals surface area contributed by atoms with Gasteiger partial charge in [0, 0.05) is 35.4 Å². The monoisotopic (exact) mass is 557 g/mol. The van der Waals surface area contributed by atoms with Crippen molar-refractivity contribution in [3.05, 3.63) is 97.0 Å². The molecule has 0 saturated carbocycles. The van der Waals surface area contributed by atoms with E-state index in [1.807, 2.05) is 66.7 Å². The molecule has 9 nitrogen and oxygen atoms in total. The molecule has 0 spiro atoms. The van der Waals surface area contributed by atoms with Crippen LogP contribution in [0.25, 0.3) is 10.9 Å². The van der Waals surface area contributed by atoms with Crippen molar-refractivity contribution >= 4 is 46.3 Å². The van der Waals surface area contributed by atoms with E-state index in [4.69, 9.17) is 4.74 Å². The molecule has 0 aliphatic heterocycles. The number of para-hydroxylation sites is 1. The number of carbonyl (C=O) groups is 3. The Morgan fingerprint density at radius 1 is 0.875 bits per heavy atom. The van der Waals surface area contributed by atoms with Gasteiger partial charge in [0.05, 0.1) is 17.0 Å². The highest BCUT2D eigenvalue weighted by Gasteiger charge is 2.22. The molecular formula is C30H31N5O4S. The molecule has 10 heteroatoms. The summed E-state index contributed by atoms with van der Waals surface area (Å²) in [5, 5.41) is 9.40. The molecule has 1 atom stereocenters. The maximum atomic E-state index is 13.3. The van der Waals surface area contributed by atoms with Crippen molar-refractivity contribution in [2.75, 3.05) is 17.6 Å². The number of alkyl carbamates (subject to hydrolysis) is 1. The molecule has 2 heterocycles. The van der Waals surface area contributed by atoms with Gasteiger partial charge in [-0.15, -0.1) is 11.8 Å². The van der Waals surface area contributed by atoms with E-state index in [0.29, 0.717) is 42.8 Å². The SMILES string of the molecule is O=C(CSc1ccncc1)NCCCC[C@@H](NC(=O)OCc1ccccc1)C(=O)Nc1cccc2cccnc12. The molecule has 0 aliphatic carbocycles.